The molecule has 1 unspecified atom stereocenters. The van der Waals surface area contributed by atoms with E-state index in [-0.39, 0.29) is 18.0 Å². The van der Waals surface area contributed by atoms with Crippen molar-refractivity contribution < 1.29 is 4.79 Å². The average Bonchev–Trinajstić information content (AvgIpc) is 3.18. The predicted molar refractivity (Wildman–Crippen MR) is 86.2 cm³/mol. The second-order valence-corrected chi connectivity index (χ2v) is 5.84. The maximum absolute atomic E-state index is 12.1. The fourth-order valence-electron chi connectivity index (χ4n) is 2.91. The molecule has 5 heteroatoms. The topological polar surface area (TPSA) is 59.0 Å². The van der Waals surface area contributed by atoms with Crippen LogP contribution in [0.15, 0.2) is 36.5 Å². The van der Waals surface area contributed by atoms with Crippen LogP contribution in [-0.2, 0) is 11.8 Å². The predicted octanol–water partition coefficient (Wildman–Crippen LogP) is 2.02. The average molecular weight is 298 g/mol. The van der Waals surface area contributed by atoms with Crippen molar-refractivity contribution in [2.75, 3.05) is 6.54 Å². The summed E-state index contributed by atoms with van der Waals surface area (Å²) in [5, 5.41) is 10.5. The number of amides is 1. The molecule has 0 radical (unpaired) electrons. The summed E-state index contributed by atoms with van der Waals surface area (Å²) in [6.45, 7) is 2.96. The van der Waals surface area contributed by atoms with Gasteiger partial charge >= 0.3 is 0 Å². The Kier molecular flexibility index (Phi) is 4.24. The van der Waals surface area contributed by atoms with Gasteiger partial charge in [-0.3, -0.25) is 9.48 Å². The molecule has 1 fully saturated rings. The van der Waals surface area contributed by atoms with Crippen molar-refractivity contribution in [3.05, 3.63) is 42.1 Å². The highest BCUT2D eigenvalue weighted by Crippen LogP contribution is 2.21. The van der Waals surface area contributed by atoms with E-state index >= 15 is 0 Å². The highest BCUT2D eigenvalue weighted by atomic mass is 16.2. The maximum Gasteiger partial charge on any atom is 0.237 e. The van der Waals surface area contributed by atoms with Crippen LogP contribution in [0.5, 0.6) is 0 Å². The highest BCUT2D eigenvalue weighted by Gasteiger charge is 2.23. The van der Waals surface area contributed by atoms with E-state index < -0.39 is 0 Å². The zero-order valence-corrected chi connectivity index (χ0v) is 13.0. The Bertz CT molecular complexity index is 641. The van der Waals surface area contributed by atoms with Crippen LogP contribution in [0, 0.1) is 0 Å². The SMILES string of the molecule is C[C@H](NC(=O)C1CCCN1)c1ccc(-c2ccnn2C)cc1. The first kappa shape index (κ1) is 14.8. The molecule has 0 bridgehead atoms. The monoisotopic (exact) mass is 298 g/mol. The minimum atomic E-state index is -0.0313. The Balaban J connectivity index is 1.67. The zero-order chi connectivity index (χ0) is 15.5. The van der Waals surface area contributed by atoms with Gasteiger partial charge in [0.05, 0.1) is 17.8 Å². The van der Waals surface area contributed by atoms with Crippen LogP contribution in [0.1, 0.15) is 31.4 Å². The Labute approximate surface area is 130 Å². The molecule has 0 aliphatic carbocycles. The lowest BCUT2D eigenvalue weighted by molar-refractivity contribution is -0.123. The lowest BCUT2D eigenvalue weighted by Crippen LogP contribution is -2.41. The summed E-state index contributed by atoms with van der Waals surface area (Å²) in [5.74, 6) is 0.0979. The summed E-state index contributed by atoms with van der Waals surface area (Å²) >= 11 is 0. The van der Waals surface area contributed by atoms with Gasteiger partial charge in [0, 0.05) is 13.2 Å². The first-order chi connectivity index (χ1) is 10.6. The summed E-state index contributed by atoms with van der Waals surface area (Å²) in [6, 6.07) is 10.2. The summed E-state index contributed by atoms with van der Waals surface area (Å²) in [4.78, 5) is 12.1. The molecule has 1 amide bonds. The van der Waals surface area contributed by atoms with Crippen LogP contribution in [0.4, 0.5) is 0 Å². The lowest BCUT2D eigenvalue weighted by Gasteiger charge is -2.18. The molecule has 5 nitrogen and oxygen atoms in total. The van der Waals surface area contributed by atoms with E-state index in [1.54, 1.807) is 6.20 Å². The number of hydrogen-bond donors (Lipinski definition) is 2. The third-order valence-corrected chi connectivity index (χ3v) is 4.26. The van der Waals surface area contributed by atoms with E-state index in [1.165, 1.54) is 0 Å². The first-order valence-electron chi connectivity index (χ1n) is 7.77. The molecular weight excluding hydrogens is 276 g/mol. The van der Waals surface area contributed by atoms with Gasteiger partial charge in [-0.15, -0.1) is 0 Å². The third kappa shape index (κ3) is 3.04. The van der Waals surface area contributed by atoms with Crippen molar-refractivity contribution in [1.29, 1.82) is 0 Å². The van der Waals surface area contributed by atoms with Crippen LogP contribution in [-0.4, -0.2) is 28.3 Å². The molecular formula is C17H22N4O. The smallest absolute Gasteiger partial charge is 0.237 e. The van der Waals surface area contributed by atoms with Crippen LogP contribution < -0.4 is 10.6 Å². The largest absolute Gasteiger partial charge is 0.348 e. The van der Waals surface area contributed by atoms with Crippen LogP contribution in [0.25, 0.3) is 11.3 Å². The number of nitrogens with zero attached hydrogens (tertiary/aromatic N) is 2. The van der Waals surface area contributed by atoms with Crippen molar-refractivity contribution >= 4 is 5.91 Å². The van der Waals surface area contributed by atoms with Gasteiger partial charge in [-0.1, -0.05) is 24.3 Å². The Hall–Kier alpha value is -2.14. The quantitative estimate of drug-likeness (QED) is 0.908. The van der Waals surface area contributed by atoms with Gasteiger partial charge in [0.25, 0.3) is 0 Å². The van der Waals surface area contributed by atoms with Gasteiger partial charge in [-0.2, -0.15) is 5.10 Å². The van der Waals surface area contributed by atoms with Gasteiger partial charge in [-0.25, -0.2) is 0 Å². The van der Waals surface area contributed by atoms with E-state index in [2.05, 4.69) is 40.0 Å². The summed E-state index contributed by atoms with van der Waals surface area (Å²) in [6.07, 6.45) is 3.80. The van der Waals surface area contributed by atoms with Crippen LogP contribution in [0.2, 0.25) is 0 Å². The number of aromatic nitrogens is 2. The number of rotatable bonds is 4. The lowest BCUT2D eigenvalue weighted by atomic mass is 10.0. The third-order valence-electron chi connectivity index (χ3n) is 4.26. The summed E-state index contributed by atoms with van der Waals surface area (Å²) < 4.78 is 1.85. The van der Waals surface area contributed by atoms with Crippen molar-refractivity contribution in [2.45, 2.75) is 31.8 Å². The number of carbonyl (C=O) groups excluding carboxylic acids is 1. The second-order valence-electron chi connectivity index (χ2n) is 5.84. The summed E-state index contributed by atoms with van der Waals surface area (Å²) in [5.41, 5.74) is 3.32. The van der Waals surface area contributed by atoms with E-state index in [9.17, 15) is 4.79 Å². The molecule has 1 aromatic carbocycles. The fraction of sp³-hybridized carbons (Fsp3) is 0.412. The minimum Gasteiger partial charge on any atom is -0.348 e. The van der Waals surface area contributed by atoms with Crippen LogP contribution in [0.3, 0.4) is 0 Å². The number of carbonyl (C=O) groups is 1. The highest BCUT2D eigenvalue weighted by molar-refractivity contribution is 5.82. The van der Waals surface area contributed by atoms with Gasteiger partial charge in [0.2, 0.25) is 5.91 Å². The van der Waals surface area contributed by atoms with Crippen molar-refractivity contribution in [1.82, 2.24) is 20.4 Å². The molecule has 1 aliphatic heterocycles. The van der Waals surface area contributed by atoms with Gasteiger partial charge in [0.1, 0.15) is 0 Å². The fourth-order valence-corrected chi connectivity index (χ4v) is 2.91. The molecule has 2 atom stereocenters. The Morgan fingerprint density at radius 3 is 2.73 bits per heavy atom. The Morgan fingerprint density at radius 2 is 2.14 bits per heavy atom. The minimum absolute atomic E-state index is 0.00971. The standard InChI is InChI=1S/C17H22N4O/c1-12(20-17(22)15-4-3-10-18-15)13-5-7-14(8-6-13)16-9-11-19-21(16)2/h5-9,11-12,15,18H,3-4,10H2,1-2H3,(H,20,22)/t12-,15?/m0/s1. The van der Waals surface area contributed by atoms with Gasteiger partial charge < -0.3 is 10.6 Å². The molecule has 2 N–H and O–H groups in total. The molecule has 0 spiro atoms. The summed E-state index contributed by atoms with van der Waals surface area (Å²) in [7, 11) is 1.93. The Morgan fingerprint density at radius 1 is 1.36 bits per heavy atom. The zero-order valence-electron chi connectivity index (χ0n) is 13.0. The number of benzene rings is 1. The van der Waals surface area contributed by atoms with E-state index in [0.717, 1.165) is 36.2 Å². The maximum atomic E-state index is 12.1. The normalized spacial score (nSPS) is 19.1. The molecule has 2 aromatic rings. The number of aryl methyl sites for hydroxylation is 1. The molecule has 1 aromatic heterocycles. The van der Waals surface area contributed by atoms with Crippen molar-refractivity contribution in [3.8, 4) is 11.3 Å². The van der Waals surface area contributed by atoms with Gasteiger partial charge in [-0.05, 0) is 43.5 Å². The van der Waals surface area contributed by atoms with Gasteiger partial charge in [0.15, 0.2) is 0 Å². The second kappa shape index (κ2) is 6.32. The number of hydrogen-bond acceptors (Lipinski definition) is 3. The molecule has 116 valence electrons. The molecule has 2 heterocycles. The van der Waals surface area contributed by atoms with Crippen molar-refractivity contribution in [3.63, 3.8) is 0 Å². The van der Waals surface area contributed by atoms with Crippen molar-refractivity contribution in [2.24, 2.45) is 7.05 Å². The van der Waals surface area contributed by atoms with Crippen LogP contribution >= 0.6 is 0 Å². The molecule has 1 saturated heterocycles. The molecule has 22 heavy (non-hydrogen) atoms. The first-order valence-corrected chi connectivity index (χ1v) is 7.77. The van der Waals surface area contributed by atoms with E-state index in [0.29, 0.717) is 0 Å². The van der Waals surface area contributed by atoms with E-state index in [4.69, 9.17) is 0 Å². The van der Waals surface area contributed by atoms with E-state index in [1.807, 2.05) is 24.7 Å². The molecule has 3 rings (SSSR count). The molecule has 1 aliphatic rings. The molecule has 0 saturated carbocycles. The number of nitrogens with one attached hydrogen (secondary N) is 2.